The minimum Gasteiger partial charge on any atom is -0.465 e. The van der Waals surface area contributed by atoms with Gasteiger partial charge in [0.15, 0.2) is 0 Å². The molecule has 0 amide bonds. The van der Waals surface area contributed by atoms with Gasteiger partial charge >= 0.3 is 17.9 Å². The van der Waals surface area contributed by atoms with Crippen LogP contribution in [-0.2, 0) is 25.9 Å². The van der Waals surface area contributed by atoms with Gasteiger partial charge in [-0.2, -0.15) is 0 Å². The van der Waals surface area contributed by atoms with Gasteiger partial charge in [0.05, 0.1) is 38.0 Å². The van der Waals surface area contributed by atoms with E-state index < -0.39 is 24.5 Å². The number of carbonyl (C=O) groups is 3. The van der Waals surface area contributed by atoms with Crippen LogP contribution < -0.4 is 0 Å². The van der Waals surface area contributed by atoms with Crippen molar-refractivity contribution in [2.75, 3.05) is 21.3 Å². The highest BCUT2D eigenvalue weighted by molar-refractivity contribution is 6.10. The zero-order valence-corrected chi connectivity index (χ0v) is 11.2. The summed E-state index contributed by atoms with van der Waals surface area (Å²) >= 11 is 0. The van der Waals surface area contributed by atoms with Gasteiger partial charge in [0.25, 0.3) is 0 Å². The Kier molecular flexibility index (Phi) is 5.22. The highest BCUT2D eigenvalue weighted by Crippen LogP contribution is 2.21. The van der Waals surface area contributed by atoms with Crippen LogP contribution in [-0.4, -0.2) is 39.2 Å². The van der Waals surface area contributed by atoms with Gasteiger partial charge < -0.3 is 14.2 Å². The van der Waals surface area contributed by atoms with Crippen LogP contribution in [0.25, 0.3) is 0 Å². The van der Waals surface area contributed by atoms with Crippen LogP contribution in [0.2, 0.25) is 0 Å². The summed E-state index contributed by atoms with van der Waals surface area (Å²) < 4.78 is 13.6. The first kappa shape index (κ1) is 15.6. The highest BCUT2D eigenvalue weighted by Gasteiger charge is 2.27. The van der Waals surface area contributed by atoms with Crippen molar-refractivity contribution in [1.82, 2.24) is 0 Å². The largest absolute Gasteiger partial charge is 0.465 e. The van der Waals surface area contributed by atoms with Crippen molar-refractivity contribution in [3.05, 3.63) is 34.4 Å². The fourth-order valence-corrected chi connectivity index (χ4v) is 1.65. The molecule has 0 aliphatic carbocycles. The quantitative estimate of drug-likeness (QED) is 0.602. The molecule has 0 aliphatic heterocycles. The fourth-order valence-electron chi connectivity index (χ4n) is 1.65. The van der Waals surface area contributed by atoms with E-state index in [2.05, 4.69) is 14.2 Å². The lowest BCUT2D eigenvalue weighted by molar-refractivity contribution is 0.0535. The molecule has 20 heavy (non-hydrogen) atoms. The molecule has 0 atom stereocenters. The first-order valence-corrected chi connectivity index (χ1v) is 5.50. The first-order valence-electron chi connectivity index (χ1n) is 5.50. The summed E-state index contributed by atoms with van der Waals surface area (Å²) in [6.07, 6.45) is 0. The summed E-state index contributed by atoms with van der Waals surface area (Å²) in [6.45, 7) is -0.671. The molecule has 0 spiro atoms. The number of hydrogen-bond acceptors (Lipinski definition) is 6. The van der Waals surface area contributed by atoms with Crippen molar-refractivity contribution in [1.29, 1.82) is 0 Å². The van der Waals surface area contributed by atoms with Crippen molar-refractivity contribution in [2.45, 2.75) is 6.61 Å². The third kappa shape index (κ3) is 2.94. The molecule has 0 fully saturated rings. The summed E-state index contributed by atoms with van der Waals surface area (Å²) in [6, 6.07) is 2.38. The van der Waals surface area contributed by atoms with E-state index in [1.165, 1.54) is 12.1 Å². The van der Waals surface area contributed by atoms with Crippen LogP contribution in [0.4, 0.5) is 0 Å². The Morgan fingerprint density at radius 3 is 1.55 bits per heavy atom. The second kappa shape index (κ2) is 6.67. The normalized spacial score (nSPS) is 9.80. The monoisotopic (exact) mass is 281 g/mol. The van der Waals surface area contributed by atoms with Crippen molar-refractivity contribution in [3.8, 4) is 0 Å². The van der Waals surface area contributed by atoms with Crippen LogP contribution in [0.3, 0.4) is 0 Å². The number of hydrogen-bond donors (Lipinski definition) is 0. The van der Waals surface area contributed by atoms with Crippen LogP contribution in [0.5, 0.6) is 0 Å². The molecule has 1 aromatic rings. The zero-order valence-electron chi connectivity index (χ0n) is 11.2. The molecule has 0 unspecified atom stereocenters. The Balaban J connectivity index is 3.66. The summed E-state index contributed by atoms with van der Waals surface area (Å²) in [4.78, 5) is 35.2. The van der Waals surface area contributed by atoms with E-state index in [0.29, 0.717) is 0 Å². The van der Waals surface area contributed by atoms with E-state index in [1.54, 1.807) is 0 Å². The van der Waals surface area contributed by atoms with Gasteiger partial charge in [-0.15, -0.1) is 0 Å². The maximum Gasteiger partial charge on any atom is 0.339 e. The van der Waals surface area contributed by atoms with Crippen molar-refractivity contribution < 1.29 is 33.7 Å². The van der Waals surface area contributed by atoms with Gasteiger partial charge in [-0.05, 0) is 17.7 Å². The van der Waals surface area contributed by atoms with E-state index in [1.807, 2.05) is 0 Å². The lowest BCUT2D eigenvalue weighted by Crippen LogP contribution is -2.18. The molecular formula is C13H13O7. The van der Waals surface area contributed by atoms with Crippen LogP contribution in [0, 0.1) is 0 Å². The molecule has 0 heterocycles. The third-order valence-corrected chi connectivity index (χ3v) is 2.56. The predicted octanol–water partition coefficient (Wildman–Crippen LogP) is 0.977. The Bertz CT molecular complexity index is 511. The van der Waals surface area contributed by atoms with Gasteiger partial charge in [-0.25, -0.2) is 19.5 Å². The molecule has 0 N–H and O–H groups in total. The number of benzene rings is 1. The molecule has 1 aromatic carbocycles. The van der Waals surface area contributed by atoms with Gasteiger partial charge in [0, 0.05) is 0 Å². The fraction of sp³-hybridized carbons (Fsp3) is 0.308. The maximum absolute atomic E-state index is 11.8. The van der Waals surface area contributed by atoms with Crippen molar-refractivity contribution in [2.24, 2.45) is 0 Å². The molecule has 0 bridgehead atoms. The Labute approximate surface area is 115 Å². The average molecular weight is 281 g/mol. The van der Waals surface area contributed by atoms with Gasteiger partial charge in [-0.3, -0.25) is 0 Å². The molecule has 107 valence electrons. The number of methoxy groups -OCH3 is 3. The Morgan fingerprint density at radius 1 is 0.850 bits per heavy atom. The molecule has 1 rings (SSSR count). The standard InChI is InChI=1S/C13H13O7/c1-18-11(15)8-4-7(6-14)5-9(12(16)19-2)10(8)13(17)20-3/h4-5H,6H2,1-3H3. The first-order chi connectivity index (χ1) is 9.49. The van der Waals surface area contributed by atoms with Gasteiger partial charge in [0.2, 0.25) is 0 Å². The summed E-state index contributed by atoms with van der Waals surface area (Å²) in [5.74, 6) is -2.61. The predicted molar refractivity (Wildman–Crippen MR) is 64.9 cm³/mol. The topological polar surface area (TPSA) is 98.8 Å². The minimum atomic E-state index is -0.900. The van der Waals surface area contributed by atoms with E-state index in [-0.39, 0.29) is 22.3 Å². The second-order valence-electron chi connectivity index (χ2n) is 3.69. The van der Waals surface area contributed by atoms with E-state index >= 15 is 0 Å². The minimum absolute atomic E-state index is 0.151. The molecule has 0 aliphatic rings. The SMILES string of the molecule is COC(=O)c1cc(C[O])cc(C(=O)OC)c1C(=O)OC. The zero-order chi connectivity index (χ0) is 15.3. The molecule has 7 heteroatoms. The molecular weight excluding hydrogens is 268 g/mol. The number of rotatable bonds is 4. The second-order valence-corrected chi connectivity index (χ2v) is 3.69. The van der Waals surface area contributed by atoms with Crippen molar-refractivity contribution in [3.63, 3.8) is 0 Å². The van der Waals surface area contributed by atoms with Crippen LogP contribution in [0.15, 0.2) is 12.1 Å². The highest BCUT2D eigenvalue weighted by atomic mass is 16.5. The van der Waals surface area contributed by atoms with E-state index in [0.717, 1.165) is 21.3 Å². The summed E-state index contributed by atoms with van der Waals surface area (Å²) in [5.41, 5.74) is -0.567. The van der Waals surface area contributed by atoms with Crippen LogP contribution in [0.1, 0.15) is 36.6 Å². The van der Waals surface area contributed by atoms with Crippen molar-refractivity contribution >= 4 is 17.9 Å². The molecule has 0 aromatic heterocycles. The Hall–Kier alpha value is -2.41. The summed E-state index contributed by atoms with van der Waals surface area (Å²) in [5, 5.41) is 11.0. The van der Waals surface area contributed by atoms with Gasteiger partial charge in [0.1, 0.15) is 6.61 Å². The van der Waals surface area contributed by atoms with Crippen LogP contribution >= 0.6 is 0 Å². The lowest BCUT2D eigenvalue weighted by atomic mass is 9.97. The van der Waals surface area contributed by atoms with Gasteiger partial charge in [-0.1, -0.05) is 0 Å². The lowest BCUT2D eigenvalue weighted by Gasteiger charge is -2.12. The molecule has 0 saturated carbocycles. The Morgan fingerprint density at radius 2 is 1.25 bits per heavy atom. The van der Waals surface area contributed by atoms with E-state index in [9.17, 15) is 19.5 Å². The molecule has 7 nitrogen and oxygen atoms in total. The number of carbonyl (C=O) groups excluding carboxylic acids is 3. The van der Waals surface area contributed by atoms with E-state index in [4.69, 9.17) is 0 Å². The maximum atomic E-state index is 11.8. The smallest absolute Gasteiger partial charge is 0.339 e. The summed E-state index contributed by atoms with van der Waals surface area (Å²) in [7, 11) is 3.34. The number of esters is 3. The average Bonchev–Trinajstić information content (AvgIpc) is 2.50. The number of ether oxygens (including phenoxy) is 3. The third-order valence-electron chi connectivity index (χ3n) is 2.56. The molecule has 1 radical (unpaired) electrons. The molecule has 0 saturated heterocycles.